The van der Waals surface area contributed by atoms with Gasteiger partial charge in [-0.1, -0.05) is 12.1 Å². The molecule has 1 saturated heterocycles. The maximum absolute atomic E-state index is 14.0. The molecule has 0 atom stereocenters. The van der Waals surface area contributed by atoms with Gasteiger partial charge >= 0.3 is 0 Å². The Morgan fingerprint density at radius 3 is 2.71 bits per heavy atom. The second kappa shape index (κ2) is 5.81. The lowest BCUT2D eigenvalue weighted by atomic mass is 10.1. The number of thiazole rings is 1. The van der Waals surface area contributed by atoms with E-state index in [1.807, 2.05) is 5.38 Å². The van der Waals surface area contributed by atoms with E-state index in [1.165, 1.54) is 0 Å². The van der Waals surface area contributed by atoms with Crippen LogP contribution in [0, 0.1) is 12.7 Å². The number of hydrogen-bond acceptors (Lipinski definition) is 4. The van der Waals surface area contributed by atoms with Crippen molar-refractivity contribution in [1.82, 2.24) is 9.88 Å². The highest BCUT2D eigenvalue weighted by atomic mass is 32.1. The zero-order chi connectivity index (χ0) is 14.8. The molecule has 2 aromatic rings. The van der Waals surface area contributed by atoms with Gasteiger partial charge < -0.3 is 9.80 Å². The van der Waals surface area contributed by atoms with Gasteiger partial charge in [0.25, 0.3) is 5.91 Å². The molecule has 1 aliphatic rings. The van der Waals surface area contributed by atoms with E-state index >= 15 is 0 Å². The van der Waals surface area contributed by atoms with Crippen LogP contribution in [0.2, 0.25) is 0 Å². The SMILES string of the molecule is Cc1cccc(C(=O)N2CCN(c3nccs3)CC2)c1F. The Morgan fingerprint density at radius 2 is 2.05 bits per heavy atom. The maximum atomic E-state index is 14.0. The summed E-state index contributed by atoms with van der Waals surface area (Å²) in [5, 5.41) is 2.92. The predicted molar refractivity (Wildman–Crippen MR) is 81.4 cm³/mol. The fourth-order valence-electron chi connectivity index (χ4n) is 2.46. The summed E-state index contributed by atoms with van der Waals surface area (Å²) < 4.78 is 14.0. The summed E-state index contributed by atoms with van der Waals surface area (Å²) in [6, 6.07) is 4.95. The molecule has 21 heavy (non-hydrogen) atoms. The minimum absolute atomic E-state index is 0.165. The molecule has 1 amide bonds. The van der Waals surface area contributed by atoms with Crippen LogP contribution in [0.25, 0.3) is 0 Å². The van der Waals surface area contributed by atoms with Gasteiger partial charge in [0.2, 0.25) is 0 Å². The third kappa shape index (κ3) is 2.76. The van der Waals surface area contributed by atoms with Gasteiger partial charge in [0.05, 0.1) is 5.56 Å². The van der Waals surface area contributed by atoms with Crippen LogP contribution in [0.4, 0.5) is 9.52 Å². The lowest BCUT2D eigenvalue weighted by Crippen LogP contribution is -2.49. The Hall–Kier alpha value is -1.95. The number of nitrogens with zero attached hydrogens (tertiary/aromatic N) is 3. The molecule has 110 valence electrons. The summed E-state index contributed by atoms with van der Waals surface area (Å²) in [7, 11) is 0. The highest BCUT2D eigenvalue weighted by Crippen LogP contribution is 2.20. The number of amides is 1. The van der Waals surface area contributed by atoms with Crippen molar-refractivity contribution >= 4 is 22.4 Å². The summed E-state index contributed by atoms with van der Waals surface area (Å²) in [6.07, 6.45) is 1.78. The van der Waals surface area contributed by atoms with E-state index in [2.05, 4.69) is 9.88 Å². The molecule has 0 radical (unpaired) electrons. The molecule has 4 nitrogen and oxygen atoms in total. The highest BCUT2D eigenvalue weighted by Gasteiger charge is 2.25. The summed E-state index contributed by atoms with van der Waals surface area (Å²) in [4.78, 5) is 20.6. The van der Waals surface area contributed by atoms with Crippen LogP contribution >= 0.6 is 11.3 Å². The monoisotopic (exact) mass is 305 g/mol. The Morgan fingerprint density at radius 1 is 1.29 bits per heavy atom. The zero-order valence-electron chi connectivity index (χ0n) is 11.8. The Bertz CT molecular complexity index is 636. The number of halogens is 1. The van der Waals surface area contributed by atoms with Gasteiger partial charge in [-0.05, 0) is 18.6 Å². The van der Waals surface area contributed by atoms with Crippen LogP contribution in [0.1, 0.15) is 15.9 Å². The van der Waals surface area contributed by atoms with Crippen molar-refractivity contribution in [3.05, 3.63) is 46.7 Å². The Balaban J connectivity index is 1.69. The molecule has 0 unspecified atom stereocenters. The van der Waals surface area contributed by atoms with E-state index in [9.17, 15) is 9.18 Å². The standard InChI is InChI=1S/C15H16FN3OS/c1-11-3-2-4-12(13(11)16)14(20)18-6-8-19(9-7-18)15-17-5-10-21-15/h2-5,10H,6-9H2,1H3. The number of aryl methyl sites for hydroxylation is 1. The average Bonchev–Trinajstić information content (AvgIpc) is 3.04. The highest BCUT2D eigenvalue weighted by molar-refractivity contribution is 7.13. The average molecular weight is 305 g/mol. The van der Waals surface area contributed by atoms with E-state index in [4.69, 9.17) is 0 Å². The molecule has 0 saturated carbocycles. The minimum Gasteiger partial charge on any atom is -0.345 e. The van der Waals surface area contributed by atoms with Gasteiger partial charge in [-0.25, -0.2) is 9.37 Å². The number of carbonyl (C=O) groups is 1. The van der Waals surface area contributed by atoms with Crippen LogP contribution in [0.5, 0.6) is 0 Å². The van der Waals surface area contributed by atoms with E-state index in [0.29, 0.717) is 18.7 Å². The second-order valence-corrected chi connectivity index (χ2v) is 5.90. The maximum Gasteiger partial charge on any atom is 0.256 e. The minimum atomic E-state index is -0.412. The molecule has 2 heterocycles. The quantitative estimate of drug-likeness (QED) is 0.855. The van der Waals surface area contributed by atoms with Crippen LogP contribution in [0.3, 0.4) is 0 Å². The molecule has 3 rings (SSSR count). The van der Waals surface area contributed by atoms with Crippen molar-refractivity contribution < 1.29 is 9.18 Å². The first-order chi connectivity index (χ1) is 10.2. The normalized spacial score (nSPS) is 15.3. The van der Waals surface area contributed by atoms with Gasteiger partial charge in [-0.2, -0.15) is 0 Å². The summed E-state index contributed by atoms with van der Waals surface area (Å²) in [6.45, 7) is 4.31. The first-order valence-electron chi connectivity index (χ1n) is 6.85. The van der Waals surface area contributed by atoms with Gasteiger partial charge in [0.15, 0.2) is 5.13 Å². The van der Waals surface area contributed by atoms with Crippen molar-refractivity contribution in [3.63, 3.8) is 0 Å². The van der Waals surface area contributed by atoms with Crippen LogP contribution in [-0.2, 0) is 0 Å². The van der Waals surface area contributed by atoms with Crippen LogP contribution in [-0.4, -0.2) is 42.0 Å². The van der Waals surface area contributed by atoms with E-state index < -0.39 is 5.82 Å². The molecule has 1 aromatic heterocycles. The third-order valence-electron chi connectivity index (χ3n) is 3.68. The van der Waals surface area contributed by atoms with Crippen molar-refractivity contribution in [1.29, 1.82) is 0 Å². The first kappa shape index (κ1) is 14.0. The summed E-state index contributed by atoms with van der Waals surface area (Å²) >= 11 is 1.59. The van der Waals surface area contributed by atoms with Gasteiger partial charge in [-0.15, -0.1) is 11.3 Å². The number of benzene rings is 1. The predicted octanol–water partition coefficient (Wildman–Crippen LogP) is 2.55. The molecule has 1 aliphatic heterocycles. The second-order valence-electron chi connectivity index (χ2n) is 5.03. The molecular weight excluding hydrogens is 289 g/mol. The molecule has 0 spiro atoms. The molecule has 1 aromatic carbocycles. The van der Waals surface area contributed by atoms with E-state index in [0.717, 1.165) is 18.2 Å². The van der Waals surface area contributed by atoms with Gasteiger partial charge in [0.1, 0.15) is 5.82 Å². The number of carbonyl (C=O) groups excluding carboxylic acids is 1. The summed E-state index contributed by atoms with van der Waals surface area (Å²) in [5.74, 6) is -0.639. The number of anilines is 1. The number of piperazine rings is 1. The topological polar surface area (TPSA) is 36.4 Å². The van der Waals surface area contributed by atoms with Crippen LogP contribution in [0.15, 0.2) is 29.8 Å². The molecular formula is C15H16FN3OS. The van der Waals surface area contributed by atoms with Crippen LogP contribution < -0.4 is 4.90 Å². The largest absolute Gasteiger partial charge is 0.345 e. The molecule has 1 fully saturated rings. The fourth-order valence-corrected chi connectivity index (χ4v) is 3.15. The van der Waals surface area contributed by atoms with Crippen molar-refractivity contribution in [2.75, 3.05) is 31.1 Å². The number of aromatic nitrogens is 1. The van der Waals surface area contributed by atoms with Crippen molar-refractivity contribution in [2.24, 2.45) is 0 Å². The lowest BCUT2D eigenvalue weighted by Gasteiger charge is -2.34. The zero-order valence-corrected chi connectivity index (χ0v) is 12.6. The van der Waals surface area contributed by atoms with Gasteiger partial charge in [-0.3, -0.25) is 4.79 Å². The number of hydrogen-bond donors (Lipinski definition) is 0. The number of rotatable bonds is 2. The van der Waals surface area contributed by atoms with Crippen molar-refractivity contribution in [3.8, 4) is 0 Å². The summed E-state index contributed by atoms with van der Waals surface area (Å²) in [5.41, 5.74) is 0.667. The molecule has 0 aliphatic carbocycles. The van der Waals surface area contributed by atoms with E-state index in [-0.39, 0.29) is 11.5 Å². The smallest absolute Gasteiger partial charge is 0.256 e. The lowest BCUT2D eigenvalue weighted by molar-refractivity contribution is 0.0742. The first-order valence-corrected chi connectivity index (χ1v) is 7.73. The Labute approximate surface area is 126 Å². The fraction of sp³-hybridized carbons (Fsp3) is 0.333. The molecule has 6 heteroatoms. The Kier molecular flexibility index (Phi) is 3.88. The van der Waals surface area contributed by atoms with E-state index in [1.54, 1.807) is 47.6 Å². The van der Waals surface area contributed by atoms with Gasteiger partial charge in [0, 0.05) is 37.8 Å². The third-order valence-corrected chi connectivity index (χ3v) is 4.51. The molecule has 0 N–H and O–H groups in total. The molecule has 0 bridgehead atoms. The van der Waals surface area contributed by atoms with Crippen molar-refractivity contribution in [2.45, 2.75) is 6.92 Å².